The van der Waals surface area contributed by atoms with E-state index in [1.54, 1.807) is 0 Å². The van der Waals surface area contributed by atoms with E-state index in [-0.39, 0.29) is 5.91 Å². The van der Waals surface area contributed by atoms with E-state index in [1.165, 1.54) is 5.56 Å². The van der Waals surface area contributed by atoms with E-state index in [1.807, 2.05) is 41.3 Å². The van der Waals surface area contributed by atoms with Gasteiger partial charge in [0, 0.05) is 21.5 Å². The maximum Gasteiger partial charge on any atom is 0.227 e. The van der Waals surface area contributed by atoms with Crippen molar-refractivity contribution in [2.45, 2.75) is 31.8 Å². The van der Waals surface area contributed by atoms with Gasteiger partial charge >= 0.3 is 0 Å². The van der Waals surface area contributed by atoms with Crippen molar-refractivity contribution < 1.29 is 4.79 Å². The molecule has 4 heteroatoms. The lowest BCUT2D eigenvalue weighted by Gasteiger charge is -2.23. The second-order valence-electron chi connectivity index (χ2n) is 5.68. The highest BCUT2D eigenvalue weighted by Gasteiger charge is 2.32. The first-order chi connectivity index (χ1) is 10.6. The number of benzene rings is 2. The number of rotatable bonds is 5. The Kier molecular flexibility index (Phi) is 4.99. The van der Waals surface area contributed by atoms with Gasteiger partial charge in [0.15, 0.2) is 0 Å². The molecule has 2 aromatic carbocycles. The predicted octanol–water partition coefficient (Wildman–Crippen LogP) is 4.95. The van der Waals surface area contributed by atoms with Gasteiger partial charge in [0.25, 0.3) is 0 Å². The number of hydrogen-bond acceptors (Lipinski definition) is 1. The highest BCUT2D eigenvalue weighted by molar-refractivity contribution is 9.10. The summed E-state index contributed by atoms with van der Waals surface area (Å²) in [5.74, 6) is 0.216. The Labute approximate surface area is 147 Å². The molecule has 1 saturated carbocycles. The van der Waals surface area contributed by atoms with Crippen molar-refractivity contribution in [1.29, 1.82) is 0 Å². The Morgan fingerprint density at radius 3 is 1.91 bits per heavy atom. The Balaban J connectivity index is 1.69. The Hall–Kier alpha value is -1.13. The number of amides is 1. The lowest BCUT2D eigenvalue weighted by molar-refractivity contribution is -0.131. The lowest BCUT2D eigenvalue weighted by Crippen LogP contribution is -2.33. The topological polar surface area (TPSA) is 20.3 Å². The predicted molar refractivity (Wildman–Crippen MR) is 95.6 cm³/mol. The lowest BCUT2D eigenvalue weighted by atomic mass is 10.1. The van der Waals surface area contributed by atoms with Gasteiger partial charge in [-0.1, -0.05) is 56.1 Å². The maximum absolute atomic E-state index is 12.7. The van der Waals surface area contributed by atoms with Gasteiger partial charge in [0.1, 0.15) is 0 Å². The summed E-state index contributed by atoms with van der Waals surface area (Å²) in [4.78, 5) is 14.7. The number of hydrogen-bond donors (Lipinski definition) is 0. The Morgan fingerprint density at radius 1 is 0.909 bits per heavy atom. The third kappa shape index (κ3) is 4.20. The van der Waals surface area contributed by atoms with Gasteiger partial charge in [-0.05, 0) is 48.2 Å². The normalized spacial score (nSPS) is 13.9. The van der Waals surface area contributed by atoms with E-state index in [0.29, 0.717) is 19.0 Å². The maximum atomic E-state index is 12.7. The van der Waals surface area contributed by atoms with Crippen LogP contribution in [0, 0.1) is 0 Å². The summed E-state index contributed by atoms with van der Waals surface area (Å²) < 4.78 is 2.10. The molecule has 0 aliphatic heterocycles. The van der Waals surface area contributed by atoms with E-state index >= 15 is 0 Å². The van der Waals surface area contributed by atoms with Crippen LogP contribution in [-0.2, 0) is 17.8 Å². The molecule has 2 nitrogen and oxygen atoms in total. The van der Waals surface area contributed by atoms with Crippen LogP contribution in [0.1, 0.15) is 24.0 Å². The van der Waals surface area contributed by atoms with Crippen LogP contribution in [0.2, 0.25) is 0 Å². The van der Waals surface area contributed by atoms with Crippen LogP contribution >= 0.6 is 31.9 Å². The molecule has 2 aromatic rings. The van der Waals surface area contributed by atoms with Crippen LogP contribution in [-0.4, -0.2) is 16.8 Å². The summed E-state index contributed by atoms with van der Waals surface area (Å²) >= 11 is 6.87. The summed E-state index contributed by atoms with van der Waals surface area (Å²) in [5, 5.41) is 0. The molecular formula is C18H17Br2NO. The fourth-order valence-electron chi connectivity index (χ4n) is 2.47. The molecule has 0 N–H and O–H groups in total. The van der Waals surface area contributed by atoms with Crippen molar-refractivity contribution in [2.24, 2.45) is 0 Å². The molecule has 1 aliphatic rings. The van der Waals surface area contributed by atoms with Crippen molar-refractivity contribution in [1.82, 2.24) is 4.90 Å². The molecule has 114 valence electrons. The summed E-state index contributed by atoms with van der Waals surface area (Å²) in [6.07, 6.45) is 2.73. The molecule has 1 aliphatic carbocycles. The van der Waals surface area contributed by atoms with E-state index < -0.39 is 0 Å². The molecule has 22 heavy (non-hydrogen) atoms. The molecule has 0 spiro atoms. The van der Waals surface area contributed by atoms with Gasteiger partial charge in [0.05, 0.1) is 6.42 Å². The van der Waals surface area contributed by atoms with Crippen LogP contribution < -0.4 is 0 Å². The average molecular weight is 423 g/mol. The smallest absolute Gasteiger partial charge is 0.227 e. The van der Waals surface area contributed by atoms with Crippen molar-refractivity contribution in [3.63, 3.8) is 0 Å². The van der Waals surface area contributed by atoms with Gasteiger partial charge in [-0.2, -0.15) is 0 Å². The second kappa shape index (κ2) is 6.97. The summed E-state index contributed by atoms with van der Waals surface area (Å²) in [6.45, 7) is 0.702. The van der Waals surface area contributed by atoms with E-state index in [9.17, 15) is 4.79 Å². The van der Waals surface area contributed by atoms with Crippen molar-refractivity contribution >= 4 is 37.8 Å². The van der Waals surface area contributed by atoms with Crippen LogP contribution in [0.5, 0.6) is 0 Å². The zero-order chi connectivity index (χ0) is 15.5. The zero-order valence-electron chi connectivity index (χ0n) is 12.1. The molecule has 0 aromatic heterocycles. The Morgan fingerprint density at radius 2 is 1.41 bits per heavy atom. The first-order valence-electron chi connectivity index (χ1n) is 7.40. The zero-order valence-corrected chi connectivity index (χ0v) is 15.3. The summed E-state index contributed by atoms with van der Waals surface area (Å²) in [6, 6.07) is 16.6. The van der Waals surface area contributed by atoms with E-state index in [0.717, 1.165) is 27.4 Å². The highest BCUT2D eigenvalue weighted by atomic mass is 79.9. The second-order valence-corrected chi connectivity index (χ2v) is 7.51. The first-order valence-corrected chi connectivity index (χ1v) is 8.99. The monoisotopic (exact) mass is 421 g/mol. The largest absolute Gasteiger partial charge is 0.335 e. The van der Waals surface area contributed by atoms with Crippen molar-refractivity contribution in [3.05, 3.63) is 68.6 Å². The summed E-state index contributed by atoms with van der Waals surface area (Å²) in [7, 11) is 0. The SMILES string of the molecule is O=C(Cc1ccc(Br)cc1)N(Cc1ccc(Br)cc1)C1CC1. The number of carbonyl (C=O) groups is 1. The highest BCUT2D eigenvalue weighted by Crippen LogP contribution is 2.29. The van der Waals surface area contributed by atoms with Crippen molar-refractivity contribution in [2.75, 3.05) is 0 Å². The number of nitrogens with zero attached hydrogens (tertiary/aromatic N) is 1. The van der Waals surface area contributed by atoms with E-state index in [2.05, 4.69) is 44.0 Å². The van der Waals surface area contributed by atoms with Crippen LogP contribution in [0.15, 0.2) is 57.5 Å². The van der Waals surface area contributed by atoms with Gasteiger partial charge in [-0.3, -0.25) is 4.79 Å². The minimum atomic E-state index is 0.216. The van der Waals surface area contributed by atoms with Crippen molar-refractivity contribution in [3.8, 4) is 0 Å². The molecule has 0 saturated heterocycles. The molecule has 3 rings (SSSR count). The standard InChI is InChI=1S/C18H17Br2NO/c19-15-5-1-13(2-6-15)11-18(22)21(17-9-10-17)12-14-3-7-16(20)8-4-14/h1-8,17H,9-12H2. The van der Waals surface area contributed by atoms with Crippen LogP contribution in [0.4, 0.5) is 0 Å². The first kappa shape index (κ1) is 15.8. The molecular weight excluding hydrogens is 406 g/mol. The van der Waals surface area contributed by atoms with Gasteiger partial charge in [-0.25, -0.2) is 0 Å². The quantitative estimate of drug-likeness (QED) is 0.667. The van der Waals surface area contributed by atoms with Crippen LogP contribution in [0.25, 0.3) is 0 Å². The molecule has 0 unspecified atom stereocenters. The van der Waals surface area contributed by atoms with Gasteiger partial charge < -0.3 is 4.90 Å². The minimum Gasteiger partial charge on any atom is -0.335 e. The minimum absolute atomic E-state index is 0.216. The molecule has 0 bridgehead atoms. The molecule has 0 heterocycles. The van der Waals surface area contributed by atoms with Crippen LogP contribution in [0.3, 0.4) is 0 Å². The Bertz CT molecular complexity index is 648. The summed E-state index contributed by atoms with van der Waals surface area (Å²) in [5.41, 5.74) is 2.24. The number of carbonyl (C=O) groups excluding carboxylic acids is 1. The van der Waals surface area contributed by atoms with E-state index in [4.69, 9.17) is 0 Å². The molecule has 1 amide bonds. The molecule has 1 fully saturated rings. The third-order valence-corrected chi connectivity index (χ3v) is 4.90. The fraction of sp³-hybridized carbons (Fsp3) is 0.278. The molecule has 0 atom stereocenters. The van der Waals surface area contributed by atoms with Gasteiger partial charge in [-0.15, -0.1) is 0 Å². The third-order valence-electron chi connectivity index (χ3n) is 3.84. The number of halogens is 2. The molecule has 0 radical (unpaired) electrons. The average Bonchev–Trinajstić information content (AvgIpc) is 3.33. The fourth-order valence-corrected chi connectivity index (χ4v) is 3.00. The van der Waals surface area contributed by atoms with Gasteiger partial charge in [0.2, 0.25) is 5.91 Å².